The highest BCUT2D eigenvalue weighted by Gasteiger charge is 2.29. The predicted molar refractivity (Wildman–Crippen MR) is 71.7 cm³/mol. The first-order chi connectivity index (χ1) is 7.97. The van der Waals surface area contributed by atoms with E-state index in [0.717, 1.165) is 32.1 Å². The fourth-order valence-corrected chi connectivity index (χ4v) is 2.64. The fourth-order valence-electron chi connectivity index (χ4n) is 2.64. The zero-order valence-corrected chi connectivity index (χ0v) is 11.8. The van der Waals surface area contributed by atoms with Crippen molar-refractivity contribution >= 4 is 0 Å². The van der Waals surface area contributed by atoms with Crippen LogP contribution in [0, 0.1) is 22.7 Å². The van der Waals surface area contributed by atoms with Gasteiger partial charge in [-0.15, -0.1) is 0 Å². The molecule has 17 heavy (non-hydrogen) atoms. The van der Waals surface area contributed by atoms with Gasteiger partial charge in [0.05, 0.1) is 6.07 Å². The van der Waals surface area contributed by atoms with Crippen LogP contribution in [0.15, 0.2) is 0 Å². The molecule has 1 unspecified atom stereocenters. The molecule has 0 saturated carbocycles. The Hall–Kier alpha value is -0.590. The third-order valence-electron chi connectivity index (χ3n) is 3.86. The molecule has 0 amide bonds. The van der Waals surface area contributed by atoms with Gasteiger partial charge in [0.1, 0.15) is 6.04 Å². The van der Waals surface area contributed by atoms with Crippen molar-refractivity contribution in [3.63, 3.8) is 0 Å². The maximum atomic E-state index is 9.03. The second-order valence-electron chi connectivity index (χ2n) is 6.18. The lowest BCUT2D eigenvalue weighted by Gasteiger charge is -2.39. The van der Waals surface area contributed by atoms with E-state index in [-0.39, 0.29) is 6.04 Å². The smallest absolute Gasteiger partial charge is 0.108 e. The van der Waals surface area contributed by atoms with Gasteiger partial charge in [-0.05, 0) is 43.8 Å². The first-order valence-corrected chi connectivity index (χ1v) is 6.82. The summed E-state index contributed by atoms with van der Waals surface area (Å²) in [5.41, 5.74) is 0.433. The summed E-state index contributed by atoms with van der Waals surface area (Å²) in [6.07, 6.45) is 2.54. The Balaban J connectivity index is 2.35. The Morgan fingerprint density at radius 3 is 2.35 bits per heavy atom. The SMILES string of the molecule is CCNC(C#N)CN1CCC(C(C)(C)C)CC1. The van der Waals surface area contributed by atoms with Gasteiger partial charge in [-0.3, -0.25) is 0 Å². The molecule has 1 heterocycles. The number of likely N-dealkylation sites (N-methyl/N-ethyl adjacent to an activating group) is 1. The van der Waals surface area contributed by atoms with E-state index in [1.165, 1.54) is 12.8 Å². The van der Waals surface area contributed by atoms with Gasteiger partial charge in [0.2, 0.25) is 0 Å². The van der Waals surface area contributed by atoms with Crippen molar-refractivity contribution in [2.24, 2.45) is 11.3 Å². The summed E-state index contributed by atoms with van der Waals surface area (Å²) >= 11 is 0. The molecule has 1 N–H and O–H groups in total. The molecule has 0 aromatic carbocycles. The summed E-state index contributed by atoms with van der Waals surface area (Å²) in [5.74, 6) is 0.832. The number of nitrogens with one attached hydrogen (secondary N) is 1. The van der Waals surface area contributed by atoms with Crippen LogP contribution in [0.25, 0.3) is 0 Å². The first kappa shape index (κ1) is 14.5. The van der Waals surface area contributed by atoms with Crippen LogP contribution >= 0.6 is 0 Å². The molecule has 1 atom stereocenters. The quantitative estimate of drug-likeness (QED) is 0.815. The van der Waals surface area contributed by atoms with Gasteiger partial charge in [-0.2, -0.15) is 5.26 Å². The van der Waals surface area contributed by atoms with Crippen molar-refractivity contribution < 1.29 is 0 Å². The van der Waals surface area contributed by atoms with E-state index in [2.05, 4.69) is 44.0 Å². The fraction of sp³-hybridized carbons (Fsp3) is 0.929. The molecule has 1 rings (SSSR count). The van der Waals surface area contributed by atoms with E-state index in [4.69, 9.17) is 5.26 Å². The molecule has 1 aliphatic rings. The monoisotopic (exact) mass is 237 g/mol. The van der Waals surface area contributed by atoms with Gasteiger partial charge >= 0.3 is 0 Å². The summed E-state index contributed by atoms with van der Waals surface area (Å²) in [5, 5.41) is 12.2. The predicted octanol–water partition coefficient (Wildman–Crippen LogP) is 2.25. The molecule has 1 fully saturated rings. The zero-order valence-electron chi connectivity index (χ0n) is 11.8. The number of hydrogen-bond acceptors (Lipinski definition) is 3. The van der Waals surface area contributed by atoms with Gasteiger partial charge in [0, 0.05) is 6.54 Å². The van der Waals surface area contributed by atoms with E-state index in [9.17, 15) is 0 Å². The van der Waals surface area contributed by atoms with Crippen LogP contribution < -0.4 is 5.32 Å². The van der Waals surface area contributed by atoms with Crippen molar-refractivity contribution in [3.05, 3.63) is 0 Å². The lowest BCUT2D eigenvalue weighted by atomic mass is 9.75. The third-order valence-corrected chi connectivity index (χ3v) is 3.86. The molecular weight excluding hydrogens is 210 g/mol. The van der Waals surface area contributed by atoms with Crippen LogP contribution in [-0.2, 0) is 0 Å². The molecule has 1 aliphatic heterocycles. The second-order valence-corrected chi connectivity index (χ2v) is 6.18. The number of rotatable bonds is 4. The van der Waals surface area contributed by atoms with Crippen molar-refractivity contribution in [2.45, 2.75) is 46.6 Å². The minimum atomic E-state index is -0.00816. The first-order valence-electron chi connectivity index (χ1n) is 6.82. The molecule has 3 heteroatoms. The van der Waals surface area contributed by atoms with Crippen molar-refractivity contribution in [1.29, 1.82) is 5.26 Å². The van der Waals surface area contributed by atoms with Crippen molar-refractivity contribution in [2.75, 3.05) is 26.2 Å². The number of nitriles is 1. The van der Waals surface area contributed by atoms with E-state index in [1.54, 1.807) is 0 Å². The van der Waals surface area contributed by atoms with E-state index in [1.807, 2.05) is 0 Å². The summed E-state index contributed by atoms with van der Waals surface area (Å²) in [6.45, 7) is 13.1. The molecular formula is C14H27N3. The van der Waals surface area contributed by atoms with Crippen LogP contribution in [0.3, 0.4) is 0 Å². The Kier molecular flexibility index (Phi) is 5.42. The molecule has 0 aromatic rings. The second kappa shape index (κ2) is 6.37. The molecule has 0 spiro atoms. The lowest BCUT2D eigenvalue weighted by molar-refractivity contribution is 0.109. The number of hydrogen-bond donors (Lipinski definition) is 1. The normalized spacial score (nSPS) is 21.1. The number of nitrogens with zero attached hydrogens (tertiary/aromatic N) is 2. The van der Waals surface area contributed by atoms with Gasteiger partial charge in [0.15, 0.2) is 0 Å². The average molecular weight is 237 g/mol. The third kappa shape index (κ3) is 4.65. The topological polar surface area (TPSA) is 39.1 Å². The zero-order chi connectivity index (χ0) is 12.9. The highest BCUT2D eigenvalue weighted by atomic mass is 15.2. The largest absolute Gasteiger partial charge is 0.301 e. The highest BCUT2D eigenvalue weighted by molar-refractivity contribution is 4.93. The molecule has 0 aromatic heterocycles. The van der Waals surface area contributed by atoms with Crippen LogP contribution in [0.4, 0.5) is 0 Å². The number of likely N-dealkylation sites (tertiary alicyclic amines) is 1. The van der Waals surface area contributed by atoms with Crippen molar-refractivity contribution in [1.82, 2.24) is 10.2 Å². The standard InChI is InChI=1S/C14H27N3/c1-5-16-13(10-15)11-17-8-6-12(7-9-17)14(2,3)4/h12-13,16H,5-9,11H2,1-4H3. The molecule has 3 nitrogen and oxygen atoms in total. The van der Waals surface area contributed by atoms with E-state index < -0.39 is 0 Å². The molecule has 0 bridgehead atoms. The van der Waals surface area contributed by atoms with Crippen LogP contribution in [-0.4, -0.2) is 37.1 Å². The summed E-state index contributed by atoms with van der Waals surface area (Å²) in [7, 11) is 0. The van der Waals surface area contributed by atoms with Gasteiger partial charge in [-0.25, -0.2) is 0 Å². The van der Waals surface area contributed by atoms with E-state index >= 15 is 0 Å². The minimum Gasteiger partial charge on any atom is -0.301 e. The summed E-state index contributed by atoms with van der Waals surface area (Å²) in [6, 6.07) is 2.33. The molecule has 1 saturated heterocycles. The average Bonchev–Trinajstić information content (AvgIpc) is 2.28. The molecule has 0 radical (unpaired) electrons. The maximum absolute atomic E-state index is 9.03. The van der Waals surface area contributed by atoms with E-state index in [0.29, 0.717) is 5.41 Å². The maximum Gasteiger partial charge on any atom is 0.108 e. The Bertz CT molecular complexity index is 254. The lowest BCUT2D eigenvalue weighted by Crippen LogP contribution is -2.45. The van der Waals surface area contributed by atoms with Gasteiger partial charge in [0.25, 0.3) is 0 Å². The summed E-state index contributed by atoms with van der Waals surface area (Å²) < 4.78 is 0. The van der Waals surface area contributed by atoms with Gasteiger partial charge in [-0.1, -0.05) is 27.7 Å². The molecule has 0 aliphatic carbocycles. The Morgan fingerprint density at radius 1 is 1.35 bits per heavy atom. The Morgan fingerprint density at radius 2 is 1.94 bits per heavy atom. The van der Waals surface area contributed by atoms with Gasteiger partial charge < -0.3 is 10.2 Å². The minimum absolute atomic E-state index is 0.00816. The molecule has 98 valence electrons. The van der Waals surface area contributed by atoms with Crippen LogP contribution in [0.5, 0.6) is 0 Å². The van der Waals surface area contributed by atoms with Crippen LogP contribution in [0.1, 0.15) is 40.5 Å². The van der Waals surface area contributed by atoms with Crippen molar-refractivity contribution in [3.8, 4) is 6.07 Å². The van der Waals surface area contributed by atoms with Crippen LogP contribution in [0.2, 0.25) is 0 Å². The highest BCUT2D eigenvalue weighted by Crippen LogP contribution is 2.34. The summed E-state index contributed by atoms with van der Waals surface area (Å²) in [4.78, 5) is 2.43. The number of piperidine rings is 1. The Labute approximate surface area is 106 Å².